The van der Waals surface area contributed by atoms with Crippen LogP contribution in [0.2, 0.25) is 0 Å². The zero-order valence-corrected chi connectivity index (χ0v) is 5.59. The molecule has 1 heterocycles. The van der Waals surface area contributed by atoms with Crippen molar-refractivity contribution in [3.63, 3.8) is 0 Å². The lowest BCUT2D eigenvalue weighted by Crippen LogP contribution is -2.18. The van der Waals surface area contributed by atoms with Crippen LogP contribution in [0.1, 0.15) is 0 Å². The third-order valence-corrected chi connectivity index (χ3v) is 1.26. The molecule has 1 saturated heterocycles. The number of hydrogen-bond acceptors (Lipinski definition) is 5. The quantitative estimate of drug-likeness (QED) is 0.375. The standard InChI is InChI=1S/C3H5NO5S/c5-3(2-1-4-2)9-10(6,7)8/h2,4H,1H2,(H,6,7,8). The van der Waals surface area contributed by atoms with Crippen LogP contribution >= 0.6 is 0 Å². The Labute approximate surface area is 57.1 Å². The zero-order valence-electron chi connectivity index (χ0n) is 4.77. The van der Waals surface area contributed by atoms with Crippen LogP contribution in [0, 0.1) is 0 Å². The summed E-state index contributed by atoms with van der Waals surface area (Å²) in [6.07, 6.45) is 0. The summed E-state index contributed by atoms with van der Waals surface area (Å²) >= 11 is 0. The van der Waals surface area contributed by atoms with E-state index in [4.69, 9.17) is 4.55 Å². The van der Waals surface area contributed by atoms with Crippen molar-refractivity contribution in [2.45, 2.75) is 6.04 Å². The second-order valence-corrected chi connectivity index (χ2v) is 2.81. The summed E-state index contributed by atoms with van der Waals surface area (Å²) in [7, 11) is -4.62. The molecule has 2 N–H and O–H groups in total. The monoisotopic (exact) mass is 167 g/mol. The highest BCUT2D eigenvalue weighted by atomic mass is 32.3. The van der Waals surface area contributed by atoms with Gasteiger partial charge in [0.15, 0.2) is 0 Å². The van der Waals surface area contributed by atoms with Gasteiger partial charge < -0.3 is 9.50 Å². The van der Waals surface area contributed by atoms with Gasteiger partial charge in [-0.05, 0) is 0 Å². The molecule has 0 radical (unpaired) electrons. The molecule has 1 aliphatic rings. The Kier molecular flexibility index (Phi) is 1.63. The fraction of sp³-hybridized carbons (Fsp3) is 0.667. The van der Waals surface area contributed by atoms with Crippen LogP contribution in [0.3, 0.4) is 0 Å². The van der Waals surface area contributed by atoms with Gasteiger partial charge >= 0.3 is 16.4 Å². The minimum Gasteiger partial charge on any atom is -0.323 e. The van der Waals surface area contributed by atoms with Crippen LogP contribution < -0.4 is 5.32 Å². The smallest absolute Gasteiger partial charge is 0.323 e. The largest absolute Gasteiger partial charge is 0.449 e. The molecule has 0 aromatic heterocycles. The number of hydrogen-bond donors (Lipinski definition) is 2. The summed E-state index contributed by atoms with van der Waals surface area (Å²) in [4.78, 5) is 10.4. The van der Waals surface area contributed by atoms with Crippen molar-refractivity contribution in [2.75, 3.05) is 6.54 Å². The van der Waals surface area contributed by atoms with Crippen LogP contribution in [0.5, 0.6) is 0 Å². The second kappa shape index (κ2) is 2.19. The van der Waals surface area contributed by atoms with E-state index >= 15 is 0 Å². The number of nitrogens with one attached hydrogen (secondary N) is 1. The molecular weight excluding hydrogens is 162 g/mol. The van der Waals surface area contributed by atoms with Gasteiger partial charge in [0.05, 0.1) is 0 Å². The van der Waals surface area contributed by atoms with E-state index < -0.39 is 22.4 Å². The van der Waals surface area contributed by atoms with Crippen LogP contribution in [-0.2, 0) is 19.4 Å². The van der Waals surface area contributed by atoms with Gasteiger partial charge in [-0.1, -0.05) is 0 Å². The van der Waals surface area contributed by atoms with E-state index in [1.165, 1.54) is 0 Å². The molecule has 58 valence electrons. The topological polar surface area (TPSA) is 103 Å². The molecule has 0 aromatic rings. The Morgan fingerprint density at radius 3 is 2.50 bits per heavy atom. The van der Waals surface area contributed by atoms with Crippen molar-refractivity contribution in [3.8, 4) is 0 Å². The Hall–Kier alpha value is -0.660. The van der Waals surface area contributed by atoms with E-state index in [1.54, 1.807) is 0 Å². The van der Waals surface area contributed by atoms with Crippen molar-refractivity contribution < 1.29 is 21.9 Å². The average molecular weight is 167 g/mol. The minimum absolute atomic E-state index is 0.397. The predicted octanol–water partition coefficient (Wildman–Crippen LogP) is -1.70. The average Bonchev–Trinajstić information content (AvgIpc) is 2.35. The molecule has 0 aliphatic carbocycles. The SMILES string of the molecule is O=C(OS(=O)(=O)O)C1CN1. The van der Waals surface area contributed by atoms with Crippen molar-refractivity contribution >= 4 is 16.4 Å². The molecule has 1 atom stereocenters. The first-order valence-electron chi connectivity index (χ1n) is 2.43. The van der Waals surface area contributed by atoms with Gasteiger partial charge in [0.25, 0.3) is 0 Å². The zero-order chi connectivity index (χ0) is 7.78. The van der Waals surface area contributed by atoms with Crippen LogP contribution in [0.4, 0.5) is 0 Å². The van der Waals surface area contributed by atoms with Crippen molar-refractivity contribution in [1.82, 2.24) is 5.32 Å². The first-order chi connectivity index (χ1) is 4.49. The van der Waals surface area contributed by atoms with Crippen LogP contribution in [0.25, 0.3) is 0 Å². The van der Waals surface area contributed by atoms with E-state index in [1.807, 2.05) is 0 Å². The highest BCUT2D eigenvalue weighted by molar-refractivity contribution is 7.81. The molecule has 7 heteroatoms. The molecule has 1 fully saturated rings. The molecular formula is C3H5NO5S. The Morgan fingerprint density at radius 1 is 1.70 bits per heavy atom. The van der Waals surface area contributed by atoms with E-state index in [9.17, 15) is 13.2 Å². The lowest BCUT2D eigenvalue weighted by Gasteiger charge is -1.94. The van der Waals surface area contributed by atoms with Gasteiger partial charge in [-0.25, -0.2) is 4.79 Å². The number of carbonyl (C=O) groups is 1. The number of carbonyl (C=O) groups excluding carboxylic acids is 1. The van der Waals surface area contributed by atoms with Crippen molar-refractivity contribution in [2.24, 2.45) is 0 Å². The molecule has 0 spiro atoms. The summed E-state index contributed by atoms with van der Waals surface area (Å²) < 4.78 is 31.3. The molecule has 6 nitrogen and oxygen atoms in total. The van der Waals surface area contributed by atoms with Gasteiger partial charge in [0.1, 0.15) is 6.04 Å². The lowest BCUT2D eigenvalue weighted by molar-refractivity contribution is -0.133. The van der Waals surface area contributed by atoms with Gasteiger partial charge in [-0.3, -0.25) is 4.55 Å². The molecule has 1 rings (SSSR count). The van der Waals surface area contributed by atoms with Gasteiger partial charge in [-0.15, -0.1) is 0 Å². The summed E-state index contributed by atoms with van der Waals surface area (Å²) in [6.45, 7) is 0.397. The van der Waals surface area contributed by atoms with E-state index in [0.717, 1.165) is 0 Å². The third kappa shape index (κ3) is 2.29. The maximum Gasteiger partial charge on any atom is 0.449 e. The fourth-order valence-corrected chi connectivity index (χ4v) is 0.711. The molecule has 10 heavy (non-hydrogen) atoms. The van der Waals surface area contributed by atoms with Crippen molar-refractivity contribution in [3.05, 3.63) is 0 Å². The van der Waals surface area contributed by atoms with Crippen LogP contribution in [-0.4, -0.2) is 31.5 Å². The molecule has 0 saturated carbocycles. The first kappa shape index (κ1) is 7.45. The number of rotatable bonds is 2. The fourth-order valence-electron chi connectivity index (χ4n) is 0.387. The minimum atomic E-state index is -4.62. The molecule has 0 aromatic carbocycles. The predicted molar refractivity (Wildman–Crippen MR) is 29.4 cm³/mol. The van der Waals surface area contributed by atoms with Crippen molar-refractivity contribution in [1.29, 1.82) is 0 Å². The highest BCUT2D eigenvalue weighted by Crippen LogP contribution is 2.01. The summed E-state index contributed by atoms with van der Waals surface area (Å²) in [6, 6.07) is -0.568. The normalized spacial score (nSPS) is 23.9. The molecule has 0 amide bonds. The summed E-state index contributed by atoms with van der Waals surface area (Å²) in [5.41, 5.74) is 0. The van der Waals surface area contributed by atoms with Crippen LogP contribution in [0.15, 0.2) is 0 Å². The van der Waals surface area contributed by atoms with Gasteiger partial charge in [0.2, 0.25) is 0 Å². The maximum absolute atomic E-state index is 10.4. The first-order valence-corrected chi connectivity index (χ1v) is 3.80. The van der Waals surface area contributed by atoms with Gasteiger partial charge in [0, 0.05) is 6.54 Å². The lowest BCUT2D eigenvalue weighted by atomic mass is 10.5. The van der Waals surface area contributed by atoms with Gasteiger partial charge in [-0.2, -0.15) is 8.42 Å². The molecule has 1 aliphatic heterocycles. The Bertz CT molecular complexity index is 240. The maximum atomic E-state index is 10.4. The van der Waals surface area contributed by atoms with E-state index in [0.29, 0.717) is 6.54 Å². The molecule has 1 unspecified atom stereocenters. The summed E-state index contributed by atoms with van der Waals surface area (Å²) in [5, 5.41) is 2.51. The summed E-state index contributed by atoms with van der Waals surface area (Å²) in [5.74, 6) is -0.970. The Morgan fingerprint density at radius 2 is 2.20 bits per heavy atom. The third-order valence-electron chi connectivity index (χ3n) is 0.880. The van der Waals surface area contributed by atoms with E-state index in [2.05, 4.69) is 9.50 Å². The molecule has 0 bridgehead atoms. The second-order valence-electron chi connectivity index (χ2n) is 1.79. The highest BCUT2D eigenvalue weighted by Gasteiger charge is 2.33. The Balaban J connectivity index is 2.45. The van der Waals surface area contributed by atoms with E-state index in [-0.39, 0.29) is 0 Å².